The zero-order valence-corrected chi connectivity index (χ0v) is 9.80. The summed E-state index contributed by atoms with van der Waals surface area (Å²) in [6.45, 7) is 0. The molecule has 2 aromatic rings. The van der Waals surface area contributed by atoms with Gasteiger partial charge < -0.3 is 14.3 Å². The lowest BCUT2D eigenvalue weighted by atomic mass is 10.0. The van der Waals surface area contributed by atoms with Gasteiger partial charge in [0.2, 0.25) is 0 Å². The topological polar surface area (TPSA) is 42.6 Å². The Kier molecular flexibility index (Phi) is 3.83. The van der Waals surface area contributed by atoms with Gasteiger partial charge in [0.15, 0.2) is 0 Å². The Balaban J connectivity index is 1.95. The summed E-state index contributed by atoms with van der Waals surface area (Å²) < 4.78 is 10.1. The van der Waals surface area contributed by atoms with E-state index < -0.39 is 6.10 Å². The first-order valence-corrected chi connectivity index (χ1v) is 5.60. The molecule has 1 N–H and O–H groups in total. The van der Waals surface area contributed by atoms with Crippen molar-refractivity contribution in [3.8, 4) is 5.75 Å². The van der Waals surface area contributed by atoms with Crippen LogP contribution in [0.3, 0.4) is 0 Å². The molecule has 0 saturated carbocycles. The molecule has 0 spiro atoms. The molecule has 0 fully saturated rings. The normalized spacial score (nSPS) is 12.4. The molecule has 1 aromatic carbocycles. The predicted octanol–water partition coefficient (Wildman–Crippen LogP) is 2.43. The fraction of sp³-hybridized carbons (Fsp3) is 0.286. The predicted molar refractivity (Wildman–Crippen MR) is 65.1 cm³/mol. The molecule has 0 saturated heterocycles. The van der Waals surface area contributed by atoms with Gasteiger partial charge in [-0.2, -0.15) is 0 Å². The second kappa shape index (κ2) is 5.55. The highest BCUT2D eigenvalue weighted by molar-refractivity contribution is 5.29. The van der Waals surface area contributed by atoms with E-state index in [2.05, 4.69) is 0 Å². The molecule has 3 heteroatoms. The molecule has 0 amide bonds. The number of hydrogen-bond acceptors (Lipinski definition) is 3. The first-order valence-electron chi connectivity index (χ1n) is 5.60. The quantitative estimate of drug-likeness (QED) is 0.861. The van der Waals surface area contributed by atoms with Crippen LogP contribution < -0.4 is 4.74 Å². The summed E-state index contributed by atoms with van der Waals surface area (Å²) in [4.78, 5) is 0. The van der Waals surface area contributed by atoms with Crippen molar-refractivity contribution in [3.63, 3.8) is 0 Å². The Hall–Kier alpha value is -1.74. The standard InChI is InChI=1S/C14H16O3/c1-16-14-4-2-3-11(9-14)7-13(15)8-12-5-6-17-10-12/h2-6,9-10,13,15H,7-8H2,1H3. The van der Waals surface area contributed by atoms with E-state index in [9.17, 15) is 5.11 Å². The Morgan fingerprint density at radius 1 is 1.24 bits per heavy atom. The molecule has 2 rings (SSSR count). The Labute approximate surface area is 101 Å². The van der Waals surface area contributed by atoms with Gasteiger partial charge in [0, 0.05) is 6.42 Å². The van der Waals surface area contributed by atoms with Crippen LogP contribution in [0.2, 0.25) is 0 Å². The van der Waals surface area contributed by atoms with Crippen LogP contribution in [0.1, 0.15) is 11.1 Å². The second-order valence-corrected chi connectivity index (χ2v) is 4.05. The molecule has 0 bridgehead atoms. The Morgan fingerprint density at radius 2 is 2.06 bits per heavy atom. The zero-order valence-electron chi connectivity index (χ0n) is 9.80. The van der Waals surface area contributed by atoms with E-state index in [-0.39, 0.29) is 0 Å². The van der Waals surface area contributed by atoms with Crippen molar-refractivity contribution >= 4 is 0 Å². The van der Waals surface area contributed by atoms with Gasteiger partial charge in [0.1, 0.15) is 5.75 Å². The first-order chi connectivity index (χ1) is 8.28. The fourth-order valence-corrected chi connectivity index (χ4v) is 1.82. The van der Waals surface area contributed by atoms with Crippen molar-refractivity contribution < 1.29 is 14.3 Å². The van der Waals surface area contributed by atoms with Crippen molar-refractivity contribution in [2.24, 2.45) is 0 Å². The van der Waals surface area contributed by atoms with Gasteiger partial charge in [0.05, 0.1) is 25.7 Å². The van der Waals surface area contributed by atoms with Crippen molar-refractivity contribution in [2.45, 2.75) is 18.9 Å². The van der Waals surface area contributed by atoms with Crippen molar-refractivity contribution in [3.05, 3.63) is 54.0 Å². The lowest BCUT2D eigenvalue weighted by molar-refractivity contribution is 0.175. The molecule has 0 radical (unpaired) electrons. The van der Waals surface area contributed by atoms with Crippen LogP contribution in [-0.4, -0.2) is 18.3 Å². The van der Waals surface area contributed by atoms with Crippen LogP contribution in [-0.2, 0) is 12.8 Å². The second-order valence-electron chi connectivity index (χ2n) is 4.05. The summed E-state index contributed by atoms with van der Waals surface area (Å²) in [6, 6.07) is 9.62. The highest BCUT2D eigenvalue weighted by Gasteiger charge is 2.08. The third-order valence-corrected chi connectivity index (χ3v) is 2.66. The molecule has 1 atom stereocenters. The minimum atomic E-state index is -0.403. The average molecular weight is 232 g/mol. The third-order valence-electron chi connectivity index (χ3n) is 2.66. The van der Waals surface area contributed by atoms with Gasteiger partial charge in [-0.1, -0.05) is 12.1 Å². The Bertz CT molecular complexity index is 448. The third kappa shape index (κ3) is 3.36. The van der Waals surface area contributed by atoms with E-state index in [1.54, 1.807) is 19.6 Å². The molecule has 1 heterocycles. The lowest BCUT2D eigenvalue weighted by Crippen LogP contribution is -2.13. The number of rotatable bonds is 5. The molecule has 90 valence electrons. The molecule has 3 nitrogen and oxygen atoms in total. The molecule has 0 aliphatic rings. The number of aliphatic hydroxyl groups excluding tert-OH is 1. The van der Waals surface area contributed by atoms with Gasteiger partial charge in [-0.15, -0.1) is 0 Å². The molecule has 1 aromatic heterocycles. The molecule has 0 aliphatic heterocycles. The van der Waals surface area contributed by atoms with Crippen LogP contribution >= 0.6 is 0 Å². The van der Waals surface area contributed by atoms with E-state index in [1.807, 2.05) is 30.3 Å². The molecular weight excluding hydrogens is 216 g/mol. The van der Waals surface area contributed by atoms with E-state index in [4.69, 9.17) is 9.15 Å². The summed E-state index contributed by atoms with van der Waals surface area (Å²) in [5.74, 6) is 0.818. The summed E-state index contributed by atoms with van der Waals surface area (Å²) in [6.07, 6.45) is 4.10. The zero-order chi connectivity index (χ0) is 12.1. The van der Waals surface area contributed by atoms with E-state index >= 15 is 0 Å². The van der Waals surface area contributed by atoms with Crippen LogP contribution in [0.25, 0.3) is 0 Å². The fourth-order valence-electron chi connectivity index (χ4n) is 1.82. The van der Waals surface area contributed by atoms with Gasteiger partial charge in [0.25, 0.3) is 0 Å². The van der Waals surface area contributed by atoms with Gasteiger partial charge >= 0.3 is 0 Å². The number of furan rings is 1. The van der Waals surface area contributed by atoms with Gasteiger partial charge in [-0.05, 0) is 35.7 Å². The average Bonchev–Trinajstić information content (AvgIpc) is 2.82. The minimum Gasteiger partial charge on any atom is -0.497 e. The number of aliphatic hydroxyl groups is 1. The maximum Gasteiger partial charge on any atom is 0.119 e. The summed E-state index contributed by atoms with van der Waals surface area (Å²) in [7, 11) is 1.64. The highest BCUT2D eigenvalue weighted by Crippen LogP contribution is 2.15. The largest absolute Gasteiger partial charge is 0.497 e. The molecule has 0 aliphatic carbocycles. The van der Waals surface area contributed by atoms with Crippen LogP contribution in [0.5, 0.6) is 5.75 Å². The minimum absolute atomic E-state index is 0.403. The first kappa shape index (κ1) is 11.7. The molecule has 17 heavy (non-hydrogen) atoms. The highest BCUT2D eigenvalue weighted by atomic mass is 16.5. The summed E-state index contributed by atoms with van der Waals surface area (Å²) in [5, 5.41) is 9.96. The van der Waals surface area contributed by atoms with Crippen molar-refractivity contribution in [2.75, 3.05) is 7.11 Å². The lowest BCUT2D eigenvalue weighted by Gasteiger charge is -2.10. The van der Waals surface area contributed by atoms with Crippen molar-refractivity contribution in [1.82, 2.24) is 0 Å². The van der Waals surface area contributed by atoms with E-state index in [0.717, 1.165) is 16.9 Å². The summed E-state index contributed by atoms with van der Waals surface area (Å²) >= 11 is 0. The molecular formula is C14H16O3. The summed E-state index contributed by atoms with van der Waals surface area (Å²) in [5.41, 5.74) is 2.08. The number of ether oxygens (including phenoxy) is 1. The Morgan fingerprint density at radius 3 is 2.76 bits per heavy atom. The monoisotopic (exact) mass is 232 g/mol. The van der Waals surface area contributed by atoms with E-state index in [1.165, 1.54) is 0 Å². The van der Waals surface area contributed by atoms with Crippen molar-refractivity contribution in [1.29, 1.82) is 0 Å². The molecule has 1 unspecified atom stereocenters. The van der Waals surface area contributed by atoms with Crippen LogP contribution in [0, 0.1) is 0 Å². The maximum atomic E-state index is 9.96. The number of methoxy groups -OCH3 is 1. The van der Waals surface area contributed by atoms with Crippen LogP contribution in [0.4, 0.5) is 0 Å². The maximum absolute atomic E-state index is 9.96. The van der Waals surface area contributed by atoms with Gasteiger partial charge in [-0.25, -0.2) is 0 Å². The number of hydrogen-bond donors (Lipinski definition) is 1. The number of benzene rings is 1. The van der Waals surface area contributed by atoms with Crippen LogP contribution in [0.15, 0.2) is 47.3 Å². The smallest absolute Gasteiger partial charge is 0.119 e. The van der Waals surface area contributed by atoms with Gasteiger partial charge in [-0.3, -0.25) is 0 Å². The van der Waals surface area contributed by atoms with E-state index in [0.29, 0.717) is 12.8 Å². The SMILES string of the molecule is COc1cccc(CC(O)Cc2ccoc2)c1.